The molecule has 3 N–H and O–H groups in total. The molecular weight excluding hydrogens is 380 g/mol. The molecule has 28 heavy (non-hydrogen) atoms. The van der Waals surface area contributed by atoms with E-state index in [1.54, 1.807) is 24.3 Å². The SMILES string of the molecule is CCCC(=O)Nc1cccc(NC(=S)NC(=O)c2cccc([N+](=O)[O-])c2C)c1. The normalized spacial score (nSPS) is 10.1. The first kappa shape index (κ1) is 21.0. The van der Waals surface area contributed by atoms with E-state index in [0.29, 0.717) is 17.8 Å². The molecule has 2 aromatic carbocycles. The molecule has 0 aliphatic carbocycles. The molecular formula is C19H20N4O4S. The van der Waals surface area contributed by atoms with Gasteiger partial charge in [0.15, 0.2) is 5.11 Å². The third-order valence-electron chi connectivity index (χ3n) is 3.85. The van der Waals surface area contributed by atoms with Crippen molar-refractivity contribution < 1.29 is 14.5 Å². The molecule has 0 aliphatic rings. The second-order valence-electron chi connectivity index (χ2n) is 5.99. The summed E-state index contributed by atoms with van der Waals surface area (Å²) in [7, 11) is 0. The quantitative estimate of drug-likeness (QED) is 0.386. The third-order valence-corrected chi connectivity index (χ3v) is 4.06. The summed E-state index contributed by atoms with van der Waals surface area (Å²) in [5, 5.41) is 19.2. The summed E-state index contributed by atoms with van der Waals surface area (Å²) in [4.78, 5) is 34.6. The number of nitrogens with zero attached hydrogens (tertiary/aromatic N) is 1. The van der Waals surface area contributed by atoms with Crippen molar-refractivity contribution in [2.75, 3.05) is 10.6 Å². The minimum absolute atomic E-state index is 0.0351. The van der Waals surface area contributed by atoms with Crippen LogP contribution in [0.2, 0.25) is 0 Å². The van der Waals surface area contributed by atoms with Crippen LogP contribution in [0.5, 0.6) is 0 Å². The number of nitrogens with one attached hydrogen (secondary N) is 3. The number of nitro benzene ring substituents is 1. The Balaban J connectivity index is 2.04. The van der Waals surface area contributed by atoms with Gasteiger partial charge in [0, 0.05) is 35.0 Å². The molecule has 0 heterocycles. The lowest BCUT2D eigenvalue weighted by atomic mass is 10.1. The maximum atomic E-state index is 12.4. The van der Waals surface area contributed by atoms with E-state index in [1.807, 2.05) is 6.92 Å². The smallest absolute Gasteiger partial charge is 0.273 e. The predicted molar refractivity (Wildman–Crippen MR) is 112 cm³/mol. The number of benzene rings is 2. The summed E-state index contributed by atoms with van der Waals surface area (Å²) in [5.74, 6) is -0.636. The van der Waals surface area contributed by atoms with E-state index < -0.39 is 10.8 Å². The van der Waals surface area contributed by atoms with Crippen molar-refractivity contribution in [1.82, 2.24) is 5.32 Å². The van der Waals surface area contributed by atoms with E-state index >= 15 is 0 Å². The van der Waals surface area contributed by atoms with Crippen molar-refractivity contribution in [2.45, 2.75) is 26.7 Å². The van der Waals surface area contributed by atoms with Crippen LogP contribution < -0.4 is 16.0 Å². The number of hydrogen-bond acceptors (Lipinski definition) is 5. The minimum atomic E-state index is -0.550. The van der Waals surface area contributed by atoms with E-state index in [9.17, 15) is 19.7 Å². The zero-order chi connectivity index (χ0) is 20.7. The highest BCUT2D eigenvalue weighted by molar-refractivity contribution is 7.80. The molecule has 0 saturated heterocycles. The lowest BCUT2D eigenvalue weighted by Crippen LogP contribution is -2.34. The highest BCUT2D eigenvalue weighted by Gasteiger charge is 2.18. The molecule has 0 fully saturated rings. The topological polar surface area (TPSA) is 113 Å². The van der Waals surface area contributed by atoms with Crippen LogP contribution in [0.1, 0.15) is 35.7 Å². The van der Waals surface area contributed by atoms with Gasteiger partial charge in [-0.3, -0.25) is 25.0 Å². The van der Waals surface area contributed by atoms with Gasteiger partial charge in [0.2, 0.25) is 5.91 Å². The average molecular weight is 400 g/mol. The molecule has 2 amide bonds. The zero-order valence-electron chi connectivity index (χ0n) is 15.4. The Hall–Kier alpha value is -3.33. The fourth-order valence-electron chi connectivity index (χ4n) is 2.53. The molecule has 0 saturated carbocycles. The standard InChI is InChI=1S/C19H20N4O4S/c1-3-6-17(24)20-13-7-4-8-14(11-13)21-19(28)22-18(25)15-9-5-10-16(12(15)2)23(26)27/h4-5,7-11H,3,6H2,1-2H3,(H,20,24)(H2,21,22,25,28). The number of thiocarbonyl (C=S) groups is 1. The van der Waals surface area contributed by atoms with Gasteiger partial charge in [0.05, 0.1) is 4.92 Å². The molecule has 8 nitrogen and oxygen atoms in total. The van der Waals surface area contributed by atoms with E-state index in [-0.39, 0.29) is 27.8 Å². The highest BCUT2D eigenvalue weighted by Crippen LogP contribution is 2.21. The number of amides is 2. The van der Waals surface area contributed by atoms with Crippen molar-refractivity contribution >= 4 is 46.2 Å². The molecule has 0 aromatic heterocycles. The van der Waals surface area contributed by atoms with Crippen molar-refractivity contribution in [1.29, 1.82) is 0 Å². The van der Waals surface area contributed by atoms with Gasteiger partial charge >= 0.3 is 0 Å². The van der Waals surface area contributed by atoms with Crippen LogP contribution in [0.15, 0.2) is 42.5 Å². The van der Waals surface area contributed by atoms with Crippen LogP contribution in [-0.4, -0.2) is 21.9 Å². The van der Waals surface area contributed by atoms with E-state index in [1.165, 1.54) is 25.1 Å². The lowest BCUT2D eigenvalue weighted by molar-refractivity contribution is -0.385. The van der Waals surface area contributed by atoms with Gasteiger partial charge in [-0.05, 0) is 49.8 Å². The fourth-order valence-corrected chi connectivity index (χ4v) is 2.74. The molecule has 0 aliphatic heterocycles. The monoisotopic (exact) mass is 400 g/mol. The van der Waals surface area contributed by atoms with Gasteiger partial charge in [-0.1, -0.05) is 19.1 Å². The number of nitro groups is 1. The van der Waals surface area contributed by atoms with Gasteiger partial charge in [0.1, 0.15) is 0 Å². The van der Waals surface area contributed by atoms with E-state index in [2.05, 4.69) is 16.0 Å². The Kier molecular flexibility index (Phi) is 7.16. The molecule has 0 radical (unpaired) electrons. The number of carbonyl (C=O) groups is 2. The van der Waals surface area contributed by atoms with Crippen molar-refractivity contribution in [3.63, 3.8) is 0 Å². The maximum Gasteiger partial charge on any atom is 0.273 e. The van der Waals surface area contributed by atoms with Gasteiger partial charge in [-0.2, -0.15) is 0 Å². The first-order valence-electron chi connectivity index (χ1n) is 8.58. The Morgan fingerprint density at radius 2 is 1.75 bits per heavy atom. The van der Waals surface area contributed by atoms with E-state index in [0.717, 1.165) is 6.42 Å². The largest absolute Gasteiger partial charge is 0.332 e. The van der Waals surface area contributed by atoms with Crippen LogP contribution in [0.3, 0.4) is 0 Å². The first-order valence-corrected chi connectivity index (χ1v) is 8.99. The van der Waals surface area contributed by atoms with Crippen LogP contribution in [-0.2, 0) is 4.79 Å². The molecule has 2 aromatic rings. The highest BCUT2D eigenvalue weighted by atomic mass is 32.1. The molecule has 0 unspecified atom stereocenters. The fraction of sp³-hybridized carbons (Fsp3) is 0.211. The van der Waals surface area contributed by atoms with Crippen molar-refractivity contribution in [3.05, 3.63) is 63.7 Å². The summed E-state index contributed by atoms with van der Waals surface area (Å²) in [6, 6.07) is 11.2. The van der Waals surface area contributed by atoms with Crippen LogP contribution in [0.4, 0.5) is 17.1 Å². The molecule has 2 rings (SSSR count). The molecule has 9 heteroatoms. The number of anilines is 2. The van der Waals surface area contributed by atoms with Crippen LogP contribution >= 0.6 is 12.2 Å². The summed E-state index contributed by atoms with van der Waals surface area (Å²) in [5.41, 5.74) is 1.47. The van der Waals surface area contributed by atoms with Crippen LogP contribution in [0.25, 0.3) is 0 Å². The number of carbonyl (C=O) groups excluding carboxylic acids is 2. The van der Waals surface area contributed by atoms with Crippen LogP contribution in [0, 0.1) is 17.0 Å². The average Bonchev–Trinajstić information content (AvgIpc) is 2.61. The predicted octanol–water partition coefficient (Wildman–Crippen LogP) is 3.77. The lowest BCUT2D eigenvalue weighted by Gasteiger charge is -2.12. The summed E-state index contributed by atoms with van der Waals surface area (Å²) < 4.78 is 0. The molecule has 0 spiro atoms. The Labute approximate surface area is 167 Å². The van der Waals surface area contributed by atoms with Gasteiger partial charge in [-0.25, -0.2) is 0 Å². The van der Waals surface area contributed by atoms with Gasteiger partial charge in [-0.15, -0.1) is 0 Å². The molecule has 0 atom stereocenters. The molecule has 0 bridgehead atoms. The first-order chi connectivity index (χ1) is 13.3. The van der Waals surface area contributed by atoms with Crippen molar-refractivity contribution in [2.24, 2.45) is 0 Å². The van der Waals surface area contributed by atoms with Gasteiger partial charge in [0.25, 0.3) is 11.6 Å². The Morgan fingerprint density at radius 1 is 1.11 bits per heavy atom. The van der Waals surface area contributed by atoms with Crippen molar-refractivity contribution in [3.8, 4) is 0 Å². The maximum absolute atomic E-state index is 12.4. The summed E-state index contributed by atoms with van der Waals surface area (Å²) in [6.07, 6.45) is 1.17. The summed E-state index contributed by atoms with van der Waals surface area (Å²) in [6.45, 7) is 3.42. The van der Waals surface area contributed by atoms with Gasteiger partial charge < -0.3 is 10.6 Å². The number of hydrogen-bond donors (Lipinski definition) is 3. The second kappa shape index (κ2) is 9.56. The second-order valence-corrected chi connectivity index (χ2v) is 6.40. The minimum Gasteiger partial charge on any atom is -0.332 e. The molecule has 146 valence electrons. The summed E-state index contributed by atoms with van der Waals surface area (Å²) >= 11 is 5.15. The zero-order valence-corrected chi connectivity index (χ0v) is 16.3. The van der Waals surface area contributed by atoms with E-state index in [4.69, 9.17) is 12.2 Å². The number of rotatable bonds is 6. The Bertz CT molecular complexity index is 930. The third kappa shape index (κ3) is 5.58. The Morgan fingerprint density at radius 3 is 2.39 bits per heavy atom.